The van der Waals surface area contributed by atoms with Gasteiger partial charge < -0.3 is 15.4 Å². The molecule has 0 bridgehead atoms. The molecule has 1 atom stereocenters. The minimum Gasteiger partial charge on any atom is -0.496 e. The highest BCUT2D eigenvalue weighted by molar-refractivity contribution is 6.10. The number of methoxy groups -OCH3 is 1. The molecule has 33 heavy (non-hydrogen) atoms. The Morgan fingerprint density at radius 1 is 1.21 bits per heavy atom. The van der Waals surface area contributed by atoms with E-state index in [-0.39, 0.29) is 35.5 Å². The molecule has 1 fully saturated rings. The molecule has 2 N–H and O–H groups in total. The second-order valence-corrected chi connectivity index (χ2v) is 8.20. The average Bonchev–Trinajstić information content (AvgIpc) is 3.36. The van der Waals surface area contributed by atoms with Crippen LogP contribution in [0.1, 0.15) is 28.0 Å². The number of aryl methyl sites for hydroxylation is 1. The summed E-state index contributed by atoms with van der Waals surface area (Å²) >= 11 is 0. The van der Waals surface area contributed by atoms with Gasteiger partial charge in [0.05, 0.1) is 24.9 Å². The summed E-state index contributed by atoms with van der Waals surface area (Å²) in [6, 6.07) is 5.24. The third kappa shape index (κ3) is 3.66. The number of carbonyl (C=O) groups is 1. The van der Waals surface area contributed by atoms with Crippen molar-refractivity contribution in [3.63, 3.8) is 0 Å². The number of fused-ring (bicyclic) bond motifs is 1. The number of benzene rings is 1. The Balaban J connectivity index is 1.56. The third-order valence-corrected chi connectivity index (χ3v) is 5.94. The zero-order valence-electron chi connectivity index (χ0n) is 18.2. The number of aromatic nitrogens is 3. The van der Waals surface area contributed by atoms with Gasteiger partial charge in [0.1, 0.15) is 23.2 Å². The number of anilines is 2. The molecule has 0 radical (unpaired) electrons. The highest BCUT2D eigenvalue weighted by Gasteiger charge is 2.34. The van der Waals surface area contributed by atoms with E-state index in [1.165, 1.54) is 18.2 Å². The molecular formula is C23H22F2N6O2. The minimum absolute atomic E-state index is 0.00448. The van der Waals surface area contributed by atoms with Crippen LogP contribution >= 0.6 is 0 Å². The van der Waals surface area contributed by atoms with Crippen molar-refractivity contribution in [2.75, 3.05) is 30.0 Å². The summed E-state index contributed by atoms with van der Waals surface area (Å²) in [4.78, 5) is 30.3. The first-order chi connectivity index (χ1) is 15.9. The Hall–Kier alpha value is -3.66. The van der Waals surface area contributed by atoms with E-state index in [0.29, 0.717) is 35.1 Å². The zero-order valence-corrected chi connectivity index (χ0v) is 18.2. The van der Waals surface area contributed by atoms with Gasteiger partial charge in [-0.3, -0.25) is 14.7 Å². The van der Waals surface area contributed by atoms with E-state index in [2.05, 4.69) is 15.0 Å². The molecule has 1 saturated heterocycles. The Bertz CT molecular complexity index is 1270. The Labute approximate surface area is 189 Å². The first-order valence-electron chi connectivity index (χ1n) is 10.5. The van der Waals surface area contributed by atoms with Gasteiger partial charge >= 0.3 is 0 Å². The molecule has 4 heterocycles. The fraction of sp³-hybridized carbons (Fsp3) is 0.304. The van der Waals surface area contributed by atoms with Gasteiger partial charge in [-0.15, -0.1) is 0 Å². The number of hydrogen-bond acceptors (Lipinski definition) is 7. The van der Waals surface area contributed by atoms with Gasteiger partial charge in [-0.1, -0.05) is 0 Å². The summed E-state index contributed by atoms with van der Waals surface area (Å²) in [7, 11) is 1.33. The molecule has 0 spiro atoms. The summed E-state index contributed by atoms with van der Waals surface area (Å²) in [5.74, 6) is -0.890. The number of hydrogen-bond donors (Lipinski definition) is 1. The van der Waals surface area contributed by atoms with Crippen molar-refractivity contribution in [3.05, 3.63) is 58.9 Å². The van der Waals surface area contributed by atoms with E-state index >= 15 is 0 Å². The Morgan fingerprint density at radius 3 is 2.76 bits per heavy atom. The maximum Gasteiger partial charge on any atom is 0.260 e. The Kier molecular flexibility index (Phi) is 5.16. The van der Waals surface area contributed by atoms with E-state index in [1.807, 2.05) is 11.8 Å². The fourth-order valence-electron chi connectivity index (χ4n) is 4.35. The van der Waals surface area contributed by atoms with Crippen LogP contribution in [-0.4, -0.2) is 47.1 Å². The molecule has 1 aromatic carbocycles. The number of amides is 1. The molecule has 2 aliphatic rings. The van der Waals surface area contributed by atoms with E-state index < -0.39 is 11.6 Å². The molecule has 2 aromatic heterocycles. The van der Waals surface area contributed by atoms with Crippen LogP contribution in [0.2, 0.25) is 0 Å². The summed E-state index contributed by atoms with van der Waals surface area (Å²) < 4.78 is 33.7. The lowest BCUT2D eigenvalue weighted by atomic mass is 10.0. The van der Waals surface area contributed by atoms with Crippen LogP contribution in [0.15, 0.2) is 30.5 Å². The first kappa shape index (κ1) is 21.2. The Morgan fingerprint density at radius 2 is 2.03 bits per heavy atom. The minimum atomic E-state index is -0.816. The van der Waals surface area contributed by atoms with Gasteiger partial charge in [0.15, 0.2) is 0 Å². The van der Waals surface area contributed by atoms with Crippen molar-refractivity contribution < 1.29 is 18.3 Å². The number of pyridine rings is 1. The lowest BCUT2D eigenvalue weighted by molar-refractivity contribution is 0.0996. The quantitative estimate of drug-likeness (QED) is 0.650. The van der Waals surface area contributed by atoms with Crippen LogP contribution in [0.4, 0.5) is 20.5 Å². The number of nitrogens with two attached hydrogens (primary N) is 1. The molecule has 170 valence electrons. The summed E-state index contributed by atoms with van der Waals surface area (Å²) in [5.41, 5.74) is 7.88. The summed E-state index contributed by atoms with van der Waals surface area (Å²) in [6.07, 6.45) is 2.28. The van der Waals surface area contributed by atoms with Gasteiger partial charge in [-0.2, -0.15) is 4.98 Å². The maximum absolute atomic E-state index is 14.8. The van der Waals surface area contributed by atoms with Gasteiger partial charge in [-0.25, -0.2) is 13.8 Å². The molecule has 5 rings (SSSR count). The molecule has 3 aromatic rings. The molecule has 2 aliphatic heterocycles. The van der Waals surface area contributed by atoms with Crippen LogP contribution in [0.3, 0.4) is 0 Å². The second kappa shape index (κ2) is 8.04. The predicted molar refractivity (Wildman–Crippen MR) is 118 cm³/mol. The van der Waals surface area contributed by atoms with E-state index in [9.17, 15) is 13.6 Å². The molecule has 0 aliphatic carbocycles. The second-order valence-electron chi connectivity index (χ2n) is 8.20. The van der Waals surface area contributed by atoms with Gasteiger partial charge in [0.2, 0.25) is 5.95 Å². The zero-order chi connectivity index (χ0) is 23.3. The highest BCUT2D eigenvalue weighted by Crippen LogP contribution is 2.39. The van der Waals surface area contributed by atoms with Crippen LogP contribution in [0, 0.1) is 18.6 Å². The topological polar surface area (TPSA) is 97.5 Å². The van der Waals surface area contributed by atoms with Crippen molar-refractivity contribution in [3.8, 4) is 17.0 Å². The number of rotatable bonds is 4. The largest absolute Gasteiger partial charge is 0.496 e. The van der Waals surface area contributed by atoms with Crippen molar-refractivity contribution >= 4 is 17.7 Å². The van der Waals surface area contributed by atoms with E-state index in [4.69, 9.17) is 10.5 Å². The lowest BCUT2D eigenvalue weighted by Crippen LogP contribution is -2.29. The molecule has 1 amide bonds. The van der Waals surface area contributed by atoms with Crippen molar-refractivity contribution in [2.24, 2.45) is 5.73 Å². The number of halogens is 2. The van der Waals surface area contributed by atoms with Gasteiger partial charge in [-0.05, 0) is 19.4 Å². The van der Waals surface area contributed by atoms with E-state index in [1.54, 1.807) is 12.1 Å². The monoisotopic (exact) mass is 452 g/mol. The van der Waals surface area contributed by atoms with Crippen LogP contribution in [0.5, 0.6) is 5.75 Å². The third-order valence-electron chi connectivity index (χ3n) is 5.94. The van der Waals surface area contributed by atoms with Gasteiger partial charge in [0, 0.05) is 60.3 Å². The SMILES string of the molecule is COc1cc(F)cc(F)c1-c1nccc2c1CN(c1cc(C)nc(N3CCC(N)C3)n1)C2=O. The normalized spacial score (nSPS) is 17.6. The number of ether oxygens (including phenoxy) is 1. The lowest BCUT2D eigenvalue weighted by Gasteiger charge is -2.20. The van der Waals surface area contributed by atoms with Crippen LogP contribution in [-0.2, 0) is 6.54 Å². The molecule has 0 saturated carbocycles. The van der Waals surface area contributed by atoms with Crippen molar-refractivity contribution in [1.82, 2.24) is 15.0 Å². The summed E-state index contributed by atoms with van der Waals surface area (Å²) in [5, 5.41) is 0. The highest BCUT2D eigenvalue weighted by atomic mass is 19.1. The number of carbonyl (C=O) groups excluding carboxylic acids is 1. The predicted octanol–water partition coefficient (Wildman–Crippen LogP) is 2.83. The standard InChI is InChI=1S/C23H22F2N6O2/c1-12-7-19(29-23(28-12)30-6-4-14(26)10-30)31-11-16-15(22(31)32)3-5-27-21(16)20-17(25)8-13(24)9-18(20)33-2/h3,5,7-9,14H,4,6,10-11,26H2,1-2H3. The smallest absolute Gasteiger partial charge is 0.260 e. The van der Waals surface area contributed by atoms with E-state index in [0.717, 1.165) is 25.1 Å². The molecule has 8 nitrogen and oxygen atoms in total. The average molecular weight is 452 g/mol. The van der Waals surface area contributed by atoms with Crippen LogP contribution < -0.4 is 20.3 Å². The molecule has 10 heteroatoms. The number of nitrogens with zero attached hydrogens (tertiary/aromatic N) is 5. The fourth-order valence-corrected chi connectivity index (χ4v) is 4.35. The van der Waals surface area contributed by atoms with Crippen molar-refractivity contribution in [2.45, 2.75) is 25.9 Å². The summed E-state index contributed by atoms with van der Waals surface area (Å²) in [6.45, 7) is 3.36. The van der Waals surface area contributed by atoms with Gasteiger partial charge in [0.25, 0.3) is 5.91 Å². The van der Waals surface area contributed by atoms with Crippen LogP contribution in [0.25, 0.3) is 11.3 Å². The van der Waals surface area contributed by atoms with Crippen molar-refractivity contribution in [1.29, 1.82) is 0 Å². The molecule has 1 unspecified atom stereocenters. The first-order valence-corrected chi connectivity index (χ1v) is 10.5. The maximum atomic E-state index is 14.8. The molecular weight excluding hydrogens is 430 g/mol.